The zero-order valence-electron chi connectivity index (χ0n) is 11.4. The highest BCUT2D eigenvalue weighted by molar-refractivity contribution is 5.44. The summed E-state index contributed by atoms with van der Waals surface area (Å²) in [6, 6.07) is 1.56. The minimum Gasteiger partial charge on any atom is -0.354 e. The van der Waals surface area contributed by atoms with E-state index in [2.05, 4.69) is 15.3 Å². The minimum absolute atomic E-state index is 0.239. The average Bonchev–Trinajstić information content (AvgIpc) is 2.31. The van der Waals surface area contributed by atoms with Gasteiger partial charge >= 0.3 is 6.18 Å². The summed E-state index contributed by atoms with van der Waals surface area (Å²) in [5.41, 5.74) is 0.643. The van der Waals surface area contributed by atoms with E-state index < -0.39 is 12.7 Å². The van der Waals surface area contributed by atoms with Gasteiger partial charge in [-0.3, -0.25) is 0 Å². The standard InChI is InChI=1S/C12H19F3N4/c1-4-6-16-11-17-9(3)7-10(18-11)19(5-2)8-12(13,14)15/h7H,4-6,8H2,1-3H3,(H,16,17,18). The fraction of sp³-hybridized carbons (Fsp3) is 0.667. The SMILES string of the molecule is CCCNc1nc(C)cc(N(CC)CC(F)(F)F)n1. The summed E-state index contributed by atoms with van der Waals surface area (Å²) >= 11 is 0. The molecule has 1 aromatic rings. The minimum atomic E-state index is -4.24. The van der Waals surface area contributed by atoms with Crippen LogP contribution < -0.4 is 10.2 Å². The number of hydrogen-bond acceptors (Lipinski definition) is 4. The Morgan fingerprint density at radius 3 is 2.47 bits per heavy atom. The Kier molecular flexibility index (Phi) is 5.38. The highest BCUT2D eigenvalue weighted by Gasteiger charge is 2.31. The van der Waals surface area contributed by atoms with E-state index in [1.807, 2.05) is 6.92 Å². The Bertz CT molecular complexity index is 406. The molecule has 0 amide bonds. The van der Waals surface area contributed by atoms with Gasteiger partial charge in [-0.1, -0.05) is 6.92 Å². The maximum atomic E-state index is 12.5. The molecule has 0 bridgehead atoms. The Balaban J connectivity index is 2.93. The molecule has 0 aliphatic carbocycles. The normalized spacial score (nSPS) is 11.5. The first kappa shape index (κ1) is 15.5. The maximum Gasteiger partial charge on any atom is 0.405 e. The molecule has 0 atom stereocenters. The van der Waals surface area contributed by atoms with Crippen molar-refractivity contribution in [3.8, 4) is 0 Å². The molecule has 0 aromatic carbocycles. The second-order valence-electron chi connectivity index (χ2n) is 4.25. The number of aryl methyl sites for hydroxylation is 1. The van der Waals surface area contributed by atoms with Crippen LogP contribution >= 0.6 is 0 Å². The molecule has 1 heterocycles. The van der Waals surface area contributed by atoms with Crippen molar-refractivity contribution in [3.05, 3.63) is 11.8 Å². The van der Waals surface area contributed by atoms with Crippen molar-refractivity contribution in [3.63, 3.8) is 0 Å². The number of aromatic nitrogens is 2. The molecule has 0 unspecified atom stereocenters. The molecule has 0 radical (unpaired) electrons. The molecule has 0 aliphatic heterocycles. The van der Waals surface area contributed by atoms with E-state index in [9.17, 15) is 13.2 Å². The van der Waals surface area contributed by atoms with E-state index in [0.717, 1.165) is 6.42 Å². The van der Waals surface area contributed by atoms with Crippen LogP contribution in [0.2, 0.25) is 0 Å². The lowest BCUT2D eigenvalue weighted by atomic mass is 10.3. The van der Waals surface area contributed by atoms with Crippen molar-refractivity contribution in [2.24, 2.45) is 0 Å². The van der Waals surface area contributed by atoms with Gasteiger partial charge in [-0.2, -0.15) is 18.2 Å². The fourth-order valence-electron chi connectivity index (χ4n) is 1.60. The quantitative estimate of drug-likeness (QED) is 0.867. The van der Waals surface area contributed by atoms with Crippen LogP contribution in [0.1, 0.15) is 26.0 Å². The number of hydrogen-bond donors (Lipinski definition) is 1. The van der Waals surface area contributed by atoms with Gasteiger partial charge < -0.3 is 10.2 Å². The van der Waals surface area contributed by atoms with Crippen molar-refractivity contribution in [2.75, 3.05) is 29.9 Å². The van der Waals surface area contributed by atoms with Crippen LogP contribution in [-0.2, 0) is 0 Å². The largest absolute Gasteiger partial charge is 0.405 e. The second-order valence-corrected chi connectivity index (χ2v) is 4.25. The smallest absolute Gasteiger partial charge is 0.354 e. The average molecular weight is 276 g/mol. The van der Waals surface area contributed by atoms with Gasteiger partial charge in [-0.25, -0.2) is 4.98 Å². The summed E-state index contributed by atoms with van der Waals surface area (Å²) in [7, 11) is 0. The van der Waals surface area contributed by atoms with Crippen LogP contribution in [0.15, 0.2) is 6.07 Å². The lowest BCUT2D eigenvalue weighted by Crippen LogP contribution is -2.34. The third kappa shape index (κ3) is 5.32. The summed E-state index contributed by atoms with van der Waals surface area (Å²) in [5, 5.41) is 2.99. The van der Waals surface area contributed by atoms with E-state index in [0.29, 0.717) is 24.0 Å². The first-order valence-electron chi connectivity index (χ1n) is 6.27. The monoisotopic (exact) mass is 276 g/mol. The molecule has 4 nitrogen and oxygen atoms in total. The topological polar surface area (TPSA) is 41.1 Å². The fourth-order valence-corrected chi connectivity index (χ4v) is 1.60. The first-order valence-corrected chi connectivity index (χ1v) is 6.27. The van der Waals surface area contributed by atoms with Crippen molar-refractivity contribution < 1.29 is 13.2 Å². The zero-order chi connectivity index (χ0) is 14.5. The first-order chi connectivity index (χ1) is 8.85. The maximum absolute atomic E-state index is 12.5. The molecule has 1 aromatic heterocycles. The molecule has 19 heavy (non-hydrogen) atoms. The third-order valence-electron chi connectivity index (χ3n) is 2.45. The molecule has 1 rings (SSSR count). The number of nitrogens with one attached hydrogen (secondary N) is 1. The van der Waals surface area contributed by atoms with Crippen molar-refractivity contribution >= 4 is 11.8 Å². The Labute approximate surface area is 111 Å². The molecule has 0 fully saturated rings. The van der Waals surface area contributed by atoms with E-state index in [4.69, 9.17) is 0 Å². The van der Waals surface area contributed by atoms with Gasteiger partial charge in [-0.15, -0.1) is 0 Å². The summed E-state index contributed by atoms with van der Waals surface area (Å²) in [6.07, 6.45) is -3.35. The lowest BCUT2D eigenvalue weighted by molar-refractivity contribution is -0.119. The number of alkyl halides is 3. The van der Waals surface area contributed by atoms with Gasteiger partial charge in [0, 0.05) is 24.8 Å². The van der Waals surface area contributed by atoms with Crippen LogP contribution in [0, 0.1) is 6.92 Å². The number of halogens is 3. The van der Waals surface area contributed by atoms with Crippen molar-refractivity contribution in [2.45, 2.75) is 33.4 Å². The van der Waals surface area contributed by atoms with Crippen LogP contribution in [0.5, 0.6) is 0 Å². The molecule has 108 valence electrons. The number of rotatable bonds is 6. The highest BCUT2D eigenvalue weighted by Crippen LogP contribution is 2.21. The predicted octanol–water partition coefficient (Wildman–Crippen LogP) is 3.00. The van der Waals surface area contributed by atoms with Crippen LogP contribution in [0.4, 0.5) is 24.9 Å². The van der Waals surface area contributed by atoms with Gasteiger partial charge in [0.05, 0.1) is 0 Å². The summed E-state index contributed by atoms with van der Waals surface area (Å²) in [5.74, 6) is 0.670. The summed E-state index contributed by atoms with van der Waals surface area (Å²) in [6.45, 7) is 5.32. The van der Waals surface area contributed by atoms with Crippen molar-refractivity contribution in [1.29, 1.82) is 0 Å². The zero-order valence-corrected chi connectivity index (χ0v) is 11.4. The predicted molar refractivity (Wildman–Crippen MR) is 69.5 cm³/mol. The summed E-state index contributed by atoms with van der Waals surface area (Å²) in [4.78, 5) is 9.47. The second kappa shape index (κ2) is 6.58. The molecule has 0 aliphatic rings. The molecule has 7 heteroatoms. The molecule has 0 saturated heterocycles. The number of anilines is 2. The van der Waals surface area contributed by atoms with E-state index in [-0.39, 0.29) is 6.54 Å². The molecular formula is C12H19F3N4. The van der Waals surface area contributed by atoms with Gasteiger partial charge in [0.1, 0.15) is 12.4 Å². The molecule has 0 saturated carbocycles. The Morgan fingerprint density at radius 2 is 1.95 bits per heavy atom. The van der Waals surface area contributed by atoms with Gasteiger partial charge in [0.15, 0.2) is 0 Å². The van der Waals surface area contributed by atoms with Gasteiger partial charge in [0.25, 0.3) is 0 Å². The Hall–Kier alpha value is -1.53. The number of nitrogens with zero attached hydrogens (tertiary/aromatic N) is 3. The molecule has 0 spiro atoms. The lowest BCUT2D eigenvalue weighted by Gasteiger charge is -2.23. The van der Waals surface area contributed by atoms with Gasteiger partial charge in [0.2, 0.25) is 5.95 Å². The van der Waals surface area contributed by atoms with E-state index in [1.165, 1.54) is 4.90 Å². The molecular weight excluding hydrogens is 257 g/mol. The van der Waals surface area contributed by atoms with Crippen LogP contribution in [0.3, 0.4) is 0 Å². The van der Waals surface area contributed by atoms with E-state index in [1.54, 1.807) is 19.9 Å². The Morgan fingerprint density at radius 1 is 1.26 bits per heavy atom. The van der Waals surface area contributed by atoms with E-state index >= 15 is 0 Å². The van der Waals surface area contributed by atoms with Gasteiger partial charge in [-0.05, 0) is 20.3 Å². The van der Waals surface area contributed by atoms with Crippen LogP contribution in [-0.4, -0.2) is 35.8 Å². The summed E-state index contributed by atoms with van der Waals surface area (Å²) < 4.78 is 37.4. The van der Waals surface area contributed by atoms with Crippen molar-refractivity contribution in [1.82, 2.24) is 9.97 Å². The van der Waals surface area contributed by atoms with Crippen LogP contribution in [0.25, 0.3) is 0 Å². The third-order valence-corrected chi connectivity index (χ3v) is 2.45. The highest BCUT2D eigenvalue weighted by atomic mass is 19.4. The molecule has 1 N–H and O–H groups in total.